The number of carboxylic acids is 1. The van der Waals surface area contributed by atoms with Gasteiger partial charge in [-0.15, -0.1) is 0 Å². The van der Waals surface area contributed by atoms with E-state index in [9.17, 15) is 4.79 Å². The number of hydrogen-bond donors (Lipinski definition) is 2. The average Bonchev–Trinajstić information content (AvgIpc) is 2.54. The first-order chi connectivity index (χ1) is 7.54. The number of rotatable bonds is 2. The molecule has 2 N–H and O–H groups in total. The van der Waals surface area contributed by atoms with Crippen LogP contribution < -0.4 is 4.74 Å². The molecule has 0 aliphatic carbocycles. The molecule has 0 aliphatic rings. The molecule has 2 aromatic rings. The van der Waals surface area contributed by atoms with Crippen LogP contribution in [0.25, 0.3) is 10.9 Å². The molecule has 84 valence electrons. The van der Waals surface area contributed by atoms with Crippen molar-refractivity contribution >= 4 is 28.5 Å². The van der Waals surface area contributed by atoms with E-state index in [1.165, 1.54) is 7.11 Å². The van der Waals surface area contributed by atoms with Gasteiger partial charge in [-0.1, -0.05) is 11.6 Å². The van der Waals surface area contributed by atoms with Crippen LogP contribution in [-0.2, 0) is 0 Å². The van der Waals surface area contributed by atoms with Crippen LogP contribution in [0.15, 0.2) is 12.1 Å². The second kappa shape index (κ2) is 3.72. The Labute approximate surface area is 96.8 Å². The van der Waals surface area contributed by atoms with Gasteiger partial charge in [0.2, 0.25) is 0 Å². The normalized spacial score (nSPS) is 10.7. The number of aromatic amines is 1. The monoisotopic (exact) mass is 239 g/mol. The Morgan fingerprint density at radius 1 is 1.50 bits per heavy atom. The number of hydrogen-bond acceptors (Lipinski definition) is 2. The van der Waals surface area contributed by atoms with Crippen molar-refractivity contribution in [1.29, 1.82) is 0 Å². The van der Waals surface area contributed by atoms with Crippen molar-refractivity contribution in [2.75, 3.05) is 7.11 Å². The topological polar surface area (TPSA) is 62.3 Å². The summed E-state index contributed by atoms with van der Waals surface area (Å²) in [6.07, 6.45) is 0. The lowest BCUT2D eigenvalue weighted by atomic mass is 10.1. The second-order valence-electron chi connectivity index (χ2n) is 3.49. The van der Waals surface area contributed by atoms with E-state index in [4.69, 9.17) is 21.4 Å². The van der Waals surface area contributed by atoms with Gasteiger partial charge in [0.25, 0.3) is 0 Å². The standard InChI is InChI=1S/C11H10ClNO3/c1-5-3-6(16-2)4-7-8(11(14)15)10(12)13-9(5)7/h3-4,13H,1-2H3,(H,14,15). The van der Waals surface area contributed by atoms with Crippen LogP contribution in [0.4, 0.5) is 0 Å². The molecule has 1 aromatic carbocycles. The summed E-state index contributed by atoms with van der Waals surface area (Å²) in [5.74, 6) is -0.438. The molecule has 5 heteroatoms. The van der Waals surface area contributed by atoms with Gasteiger partial charge in [0.05, 0.1) is 12.6 Å². The summed E-state index contributed by atoms with van der Waals surface area (Å²) < 4.78 is 5.10. The molecule has 2 rings (SSSR count). The van der Waals surface area contributed by atoms with Gasteiger partial charge >= 0.3 is 5.97 Å². The third-order valence-electron chi connectivity index (χ3n) is 2.48. The zero-order valence-corrected chi connectivity index (χ0v) is 9.55. The Morgan fingerprint density at radius 2 is 2.19 bits per heavy atom. The van der Waals surface area contributed by atoms with E-state index >= 15 is 0 Å². The van der Waals surface area contributed by atoms with E-state index in [-0.39, 0.29) is 10.7 Å². The number of halogens is 1. The number of aromatic nitrogens is 1. The van der Waals surface area contributed by atoms with Crippen LogP contribution in [0.5, 0.6) is 5.75 Å². The number of carbonyl (C=O) groups is 1. The molecule has 1 aromatic heterocycles. The van der Waals surface area contributed by atoms with Gasteiger partial charge < -0.3 is 14.8 Å². The zero-order chi connectivity index (χ0) is 11.9. The predicted molar refractivity (Wildman–Crippen MR) is 61.6 cm³/mol. The maximum atomic E-state index is 11.1. The van der Waals surface area contributed by atoms with E-state index in [0.29, 0.717) is 11.1 Å². The van der Waals surface area contributed by atoms with Crippen LogP contribution in [0.2, 0.25) is 5.15 Å². The fourth-order valence-corrected chi connectivity index (χ4v) is 2.01. The van der Waals surface area contributed by atoms with Gasteiger partial charge in [-0.3, -0.25) is 0 Å². The minimum atomic E-state index is -1.05. The number of fused-ring (bicyclic) bond motifs is 1. The molecule has 0 unspecified atom stereocenters. The number of nitrogens with one attached hydrogen (secondary N) is 1. The first kappa shape index (κ1) is 10.8. The fourth-order valence-electron chi connectivity index (χ4n) is 1.73. The SMILES string of the molecule is COc1cc(C)c2[nH]c(Cl)c(C(=O)O)c2c1. The molecular formula is C11H10ClNO3. The van der Waals surface area contributed by atoms with Crippen molar-refractivity contribution in [3.8, 4) is 5.75 Å². The highest BCUT2D eigenvalue weighted by atomic mass is 35.5. The van der Waals surface area contributed by atoms with Crippen molar-refractivity contribution in [2.45, 2.75) is 6.92 Å². The summed E-state index contributed by atoms with van der Waals surface area (Å²) in [5.41, 5.74) is 1.70. The van der Waals surface area contributed by atoms with Crippen LogP contribution in [0, 0.1) is 6.92 Å². The van der Waals surface area contributed by atoms with Crippen LogP contribution >= 0.6 is 11.6 Å². The van der Waals surface area contributed by atoms with Gasteiger partial charge in [-0.25, -0.2) is 4.79 Å². The predicted octanol–water partition coefficient (Wildman–Crippen LogP) is 2.84. The molecule has 0 fully saturated rings. The fraction of sp³-hybridized carbons (Fsp3) is 0.182. The summed E-state index contributed by atoms with van der Waals surface area (Å²) in [6.45, 7) is 1.86. The number of methoxy groups -OCH3 is 1. The van der Waals surface area contributed by atoms with Gasteiger partial charge in [-0.2, -0.15) is 0 Å². The average molecular weight is 240 g/mol. The number of aromatic carboxylic acids is 1. The zero-order valence-electron chi connectivity index (χ0n) is 8.80. The van der Waals surface area contributed by atoms with E-state index in [2.05, 4.69) is 4.98 Å². The molecule has 4 nitrogen and oxygen atoms in total. The van der Waals surface area contributed by atoms with Crippen molar-refractivity contribution in [1.82, 2.24) is 4.98 Å². The van der Waals surface area contributed by atoms with Crippen molar-refractivity contribution < 1.29 is 14.6 Å². The Hall–Kier alpha value is -1.68. The van der Waals surface area contributed by atoms with Crippen molar-refractivity contribution in [2.24, 2.45) is 0 Å². The second-order valence-corrected chi connectivity index (χ2v) is 3.86. The maximum absolute atomic E-state index is 11.1. The highest BCUT2D eigenvalue weighted by molar-refractivity contribution is 6.34. The van der Waals surface area contributed by atoms with Crippen molar-refractivity contribution in [3.05, 3.63) is 28.4 Å². The van der Waals surface area contributed by atoms with Gasteiger partial charge in [0.15, 0.2) is 0 Å². The summed E-state index contributed by atoms with van der Waals surface area (Å²) in [4.78, 5) is 13.9. The highest BCUT2D eigenvalue weighted by Crippen LogP contribution is 2.31. The number of H-pyrrole nitrogens is 1. The maximum Gasteiger partial charge on any atom is 0.339 e. The third-order valence-corrected chi connectivity index (χ3v) is 2.77. The van der Waals surface area contributed by atoms with E-state index < -0.39 is 5.97 Å². The Kier molecular flexibility index (Phi) is 2.52. The van der Waals surface area contributed by atoms with E-state index in [0.717, 1.165) is 11.1 Å². The molecule has 0 saturated heterocycles. The summed E-state index contributed by atoms with van der Waals surface area (Å²) in [5, 5.41) is 9.76. The molecule has 0 aliphatic heterocycles. The number of aryl methyl sites for hydroxylation is 1. The Morgan fingerprint density at radius 3 is 2.75 bits per heavy atom. The minimum absolute atomic E-state index is 0.0821. The lowest BCUT2D eigenvalue weighted by Gasteiger charge is -2.02. The van der Waals surface area contributed by atoms with Gasteiger partial charge in [-0.05, 0) is 24.6 Å². The van der Waals surface area contributed by atoms with Crippen LogP contribution in [0.3, 0.4) is 0 Å². The molecule has 1 heterocycles. The molecule has 0 bridgehead atoms. The molecule has 0 atom stereocenters. The van der Waals surface area contributed by atoms with Gasteiger partial charge in [0, 0.05) is 5.39 Å². The molecule has 0 saturated carbocycles. The minimum Gasteiger partial charge on any atom is -0.497 e. The number of ether oxygens (including phenoxy) is 1. The largest absolute Gasteiger partial charge is 0.497 e. The van der Waals surface area contributed by atoms with Crippen LogP contribution in [-0.4, -0.2) is 23.2 Å². The summed E-state index contributed by atoms with van der Waals surface area (Å²) >= 11 is 5.85. The lowest BCUT2D eigenvalue weighted by molar-refractivity contribution is 0.0699. The summed E-state index contributed by atoms with van der Waals surface area (Å²) in [7, 11) is 1.54. The van der Waals surface area contributed by atoms with E-state index in [1.807, 2.05) is 13.0 Å². The third kappa shape index (κ3) is 1.51. The van der Waals surface area contributed by atoms with Gasteiger partial charge in [0.1, 0.15) is 16.5 Å². The number of carboxylic acid groups (broad SMARTS) is 1. The molecular weight excluding hydrogens is 230 g/mol. The quantitative estimate of drug-likeness (QED) is 0.847. The smallest absolute Gasteiger partial charge is 0.339 e. The van der Waals surface area contributed by atoms with Crippen LogP contribution in [0.1, 0.15) is 15.9 Å². The lowest BCUT2D eigenvalue weighted by Crippen LogP contribution is -1.95. The highest BCUT2D eigenvalue weighted by Gasteiger charge is 2.18. The Bertz CT molecular complexity index is 574. The molecule has 0 radical (unpaired) electrons. The van der Waals surface area contributed by atoms with Crippen molar-refractivity contribution in [3.63, 3.8) is 0 Å². The summed E-state index contributed by atoms with van der Waals surface area (Å²) in [6, 6.07) is 3.48. The molecule has 16 heavy (non-hydrogen) atoms. The van der Waals surface area contributed by atoms with E-state index in [1.54, 1.807) is 6.07 Å². The first-order valence-corrected chi connectivity index (χ1v) is 5.01. The molecule has 0 amide bonds. The number of benzene rings is 1. The molecule has 0 spiro atoms. The first-order valence-electron chi connectivity index (χ1n) is 4.63. The Balaban J connectivity index is 2.86.